The Morgan fingerprint density at radius 3 is 2.68 bits per heavy atom. The van der Waals surface area contributed by atoms with Crippen molar-refractivity contribution in [2.24, 2.45) is 10.1 Å². The van der Waals surface area contributed by atoms with E-state index in [1.807, 2.05) is 20.0 Å². The molecule has 7 heteroatoms. The van der Waals surface area contributed by atoms with E-state index in [1.54, 1.807) is 12.1 Å². The summed E-state index contributed by atoms with van der Waals surface area (Å²) in [4.78, 5) is 6.75. The molecule has 0 heterocycles. The SMILES string of the molecule is CCCCN(C)C(=NCc1cccc(S(N)(=O)=O)c1)NCC. The Balaban J connectivity index is 2.86. The Hall–Kier alpha value is -1.60. The summed E-state index contributed by atoms with van der Waals surface area (Å²) < 4.78 is 22.7. The molecule has 0 bridgehead atoms. The van der Waals surface area contributed by atoms with Gasteiger partial charge in [0.15, 0.2) is 5.96 Å². The number of rotatable bonds is 7. The molecule has 0 atom stereocenters. The molecule has 0 unspecified atom stereocenters. The highest BCUT2D eigenvalue weighted by molar-refractivity contribution is 7.89. The van der Waals surface area contributed by atoms with Gasteiger partial charge in [-0.05, 0) is 31.0 Å². The molecular formula is C15H26N4O2S. The van der Waals surface area contributed by atoms with Crippen LogP contribution in [0.15, 0.2) is 34.2 Å². The summed E-state index contributed by atoms with van der Waals surface area (Å²) >= 11 is 0. The molecule has 0 aliphatic rings. The molecule has 0 radical (unpaired) electrons. The van der Waals surface area contributed by atoms with Gasteiger partial charge in [-0.2, -0.15) is 0 Å². The number of nitrogens with zero attached hydrogens (tertiary/aromatic N) is 2. The fourth-order valence-corrected chi connectivity index (χ4v) is 2.54. The summed E-state index contributed by atoms with van der Waals surface area (Å²) in [5.74, 6) is 0.817. The quantitative estimate of drug-likeness (QED) is 0.587. The fraction of sp³-hybridized carbons (Fsp3) is 0.533. The van der Waals surface area contributed by atoms with Crippen molar-refractivity contribution in [3.05, 3.63) is 29.8 Å². The first-order chi connectivity index (χ1) is 10.4. The Labute approximate surface area is 133 Å². The summed E-state index contributed by atoms with van der Waals surface area (Å²) in [7, 11) is -1.68. The van der Waals surface area contributed by atoms with E-state index in [9.17, 15) is 8.42 Å². The van der Waals surface area contributed by atoms with Gasteiger partial charge in [-0.3, -0.25) is 0 Å². The third kappa shape index (κ3) is 6.03. The predicted molar refractivity (Wildman–Crippen MR) is 90.2 cm³/mol. The van der Waals surface area contributed by atoms with E-state index in [-0.39, 0.29) is 4.90 Å². The van der Waals surface area contributed by atoms with E-state index in [1.165, 1.54) is 6.07 Å². The zero-order valence-corrected chi connectivity index (χ0v) is 14.4. The number of unbranched alkanes of at least 4 members (excludes halogenated alkanes) is 1. The maximum absolute atomic E-state index is 11.4. The van der Waals surface area contributed by atoms with E-state index in [4.69, 9.17) is 5.14 Å². The van der Waals surface area contributed by atoms with Gasteiger partial charge in [-0.15, -0.1) is 0 Å². The van der Waals surface area contributed by atoms with Crippen molar-refractivity contribution in [1.29, 1.82) is 0 Å². The smallest absolute Gasteiger partial charge is 0.238 e. The number of hydrogen-bond acceptors (Lipinski definition) is 3. The summed E-state index contributed by atoms with van der Waals surface area (Å²) in [6, 6.07) is 6.57. The molecule has 0 spiro atoms. The number of nitrogens with two attached hydrogens (primary N) is 1. The van der Waals surface area contributed by atoms with Crippen LogP contribution < -0.4 is 10.5 Å². The Bertz CT molecular complexity index is 599. The minimum atomic E-state index is -3.68. The molecule has 0 aliphatic carbocycles. The van der Waals surface area contributed by atoms with Crippen molar-refractivity contribution >= 4 is 16.0 Å². The Morgan fingerprint density at radius 1 is 1.36 bits per heavy atom. The average Bonchev–Trinajstić information content (AvgIpc) is 2.48. The second-order valence-electron chi connectivity index (χ2n) is 5.14. The van der Waals surface area contributed by atoms with Crippen molar-refractivity contribution in [2.75, 3.05) is 20.1 Å². The van der Waals surface area contributed by atoms with E-state index in [0.717, 1.165) is 37.5 Å². The summed E-state index contributed by atoms with van der Waals surface area (Å²) in [6.45, 7) is 6.29. The van der Waals surface area contributed by atoms with Crippen LogP contribution in [0.4, 0.5) is 0 Å². The number of hydrogen-bond donors (Lipinski definition) is 2. The molecule has 1 aromatic rings. The van der Waals surface area contributed by atoms with Gasteiger partial charge in [0.2, 0.25) is 10.0 Å². The first-order valence-electron chi connectivity index (χ1n) is 7.49. The van der Waals surface area contributed by atoms with Gasteiger partial charge in [0.25, 0.3) is 0 Å². The molecule has 124 valence electrons. The molecule has 0 amide bonds. The van der Waals surface area contributed by atoms with Crippen molar-refractivity contribution in [3.8, 4) is 0 Å². The summed E-state index contributed by atoms with van der Waals surface area (Å²) in [6.07, 6.45) is 2.22. The zero-order chi connectivity index (χ0) is 16.6. The maximum atomic E-state index is 11.4. The summed E-state index contributed by atoms with van der Waals surface area (Å²) in [5, 5.41) is 8.39. The molecule has 6 nitrogen and oxygen atoms in total. The average molecular weight is 326 g/mol. The van der Waals surface area contributed by atoms with Crippen LogP contribution in [0.25, 0.3) is 0 Å². The van der Waals surface area contributed by atoms with Gasteiger partial charge in [0.05, 0.1) is 11.4 Å². The number of benzene rings is 1. The minimum Gasteiger partial charge on any atom is -0.357 e. The number of primary sulfonamides is 1. The minimum absolute atomic E-state index is 0.115. The number of sulfonamides is 1. The van der Waals surface area contributed by atoms with Gasteiger partial charge in [-0.25, -0.2) is 18.5 Å². The van der Waals surface area contributed by atoms with E-state index < -0.39 is 10.0 Å². The molecule has 3 N–H and O–H groups in total. The molecular weight excluding hydrogens is 300 g/mol. The second-order valence-corrected chi connectivity index (χ2v) is 6.70. The number of aliphatic imine (C=N–C) groups is 1. The summed E-state index contributed by atoms with van der Waals surface area (Å²) in [5.41, 5.74) is 0.811. The zero-order valence-electron chi connectivity index (χ0n) is 13.5. The molecule has 1 aromatic carbocycles. The molecule has 0 saturated carbocycles. The van der Waals surface area contributed by atoms with E-state index >= 15 is 0 Å². The lowest BCUT2D eigenvalue weighted by Crippen LogP contribution is -2.39. The van der Waals surface area contributed by atoms with Crippen molar-refractivity contribution < 1.29 is 8.42 Å². The van der Waals surface area contributed by atoms with Gasteiger partial charge >= 0.3 is 0 Å². The second kappa shape index (κ2) is 8.75. The third-order valence-corrected chi connectivity index (χ3v) is 4.09. The van der Waals surface area contributed by atoms with Gasteiger partial charge in [0, 0.05) is 20.1 Å². The first-order valence-corrected chi connectivity index (χ1v) is 9.04. The topological polar surface area (TPSA) is 87.8 Å². The molecule has 22 heavy (non-hydrogen) atoms. The molecule has 0 aromatic heterocycles. The largest absolute Gasteiger partial charge is 0.357 e. The lowest BCUT2D eigenvalue weighted by molar-refractivity contribution is 0.465. The Morgan fingerprint density at radius 2 is 2.09 bits per heavy atom. The van der Waals surface area contributed by atoms with Crippen LogP contribution in [-0.4, -0.2) is 39.4 Å². The van der Waals surface area contributed by atoms with Crippen LogP contribution in [-0.2, 0) is 16.6 Å². The van der Waals surface area contributed by atoms with Crippen LogP contribution in [0.1, 0.15) is 32.3 Å². The van der Waals surface area contributed by atoms with Gasteiger partial charge < -0.3 is 10.2 Å². The standard InChI is InChI=1S/C15H26N4O2S/c1-4-6-10-19(3)15(17-5-2)18-12-13-8-7-9-14(11-13)22(16,20)21/h7-9,11H,4-6,10,12H2,1-3H3,(H,17,18)(H2,16,20,21). The maximum Gasteiger partial charge on any atom is 0.238 e. The van der Waals surface area contributed by atoms with Crippen LogP contribution in [0.2, 0.25) is 0 Å². The highest BCUT2D eigenvalue weighted by atomic mass is 32.2. The first kappa shape index (κ1) is 18.4. The van der Waals surface area contributed by atoms with Crippen molar-refractivity contribution in [3.63, 3.8) is 0 Å². The monoisotopic (exact) mass is 326 g/mol. The van der Waals surface area contributed by atoms with Crippen LogP contribution in [0, 0.1) is 0 Å². The lowest BCUT2D eigenvalue weighted by atomic mass is 10.2. The fourth-order valence-electron chi connectivity index (χ4n) is 1.96. The van der Waals surface area contributed by atoms with Gasteiger partial charge in [-0.1, -0.05) is 25.5 Å². The molecule has 1 rings (SSSR count). The van der Waals surface area contributed by atoms with Crippen molar-refractivity contribution in [2.45, 2.75) is 38.1 Å². The van der Waals surface area contributed by atoms with Crippen LogP contribution >= 0.6 is 0 Å². The number of nitrogens with one attached hydrogen (secondary N) is 1. The van der Waals surface area contributed by atoms with E-state index in [2.05, 4.69) is 22.1 Å². The molecule has 0 aliphatic heterocycles. The van der Waals surface area contributed by atoms with Crippen molar-refractivity contribution in [1.82, 2.24) is 10.2 Å². The highest BCUT2D eigenvalue weighted by Crippen LogP contribution is 2.10. The molecule has 0 saturated heterocycles. The van der Waals surface area contributed by atoms with Crippen LogP contribution in [0.5, 0.6) is 0 Å². The van der Waals surface area contributed by atoms with E-state index in [0.29, 0.717) is 6.54 Å². The number of guanidine groups is 1. The Kier molecular flexibility index (Phi) is 7.34. The lowest BCUT2D eigenvalue weighted by Gasteiger charge is -2.21. The third-order valence-electron chi connectivity index (χ3n) is 3.18. The van der Waals surface area contributed by atoms with Crippen LogP contribution in [0.3, 0.4) is 0 Å². The normalized spacial score (nSPS) is 12.3. The predicted octanol–water partition coefficient (Wildman–Crippen LogP) is 1.53. The highest BCUT2D eigenvalue weighted by Gasteiger charge is 2.08. The van der Waals surface area contributed by atoms with Gasteiger partial charge in [0.1, 0.15) is 0 Å². The molecule has 0 fully saturated rings.